The molecule has 0 aromatic carbocycles. The van der Waals surface area contributed by atoms with E-state index >= 15 is 0 Å². The number of piperidine rings is 1. The second-order valence-electron chi connectivity index (χ2n) is 6.07. The van der Waals surface area contributed by atoms with E-state index in [1.54, 1.807) is 0 Å². The molecule has 0 radical (unpaired) electrons. The molecule has 2 heteroatoms. The first-order valence-electron chi connectivity index (χ1n) is 7.84. The van der Waals surface area contributed by atoms with Crippen molar-refractivity contribution in [3.05, 3.63) is 0 Å². The molecule has 100 valence electrons. The summed E-state index contributed by atoms with van der Waals surface area (Å²) in [6.07, 6.45) is 14.4. The van der Waals surface area contributed by atoms with Gasteiger partial charge in [0, 0.05) is 6.04 Å². The predicted octanol–water partition coefficient (Wildman–Crippen LogP) is 3.16. The third-order valence-corrected chi connectivity index (χ3v) is 4.73. The van der Waals surface area contributed by atoms with Crippen molar-refractivity contribution >= 4 is 0 Å². The highest BCUT2D eigenvalue weighted by molar-refractivity contribution is 4.80. The van der Waals surface area contributed by atoms with Crippen molar-refractivity contribution in [2.75, 3.05) is 19.6 Å². The first kappa shape index (κ1) is 13.4. The summed E-state index contributed by atoms with van der Waals surface area (Å²) in [5, 5.41) is 0. The fourth-order valence-corrected chi connectivity index (χ4v) is 3.72. The number of hydrogen-bond acceptors (Lipinski definition) is 2. The van der Waals surface area contributed by atoms with E-state index in [-0.39, 0.29) is 0 Å². The molecule has 1 aliphatic carbocycles. The Morgan fingerprint density at radius 1 is 0.941 bits per heavy atom. The molecule has 0 spiro atoms. The standard InChI is InChI=1S/C15H30N2/c16-10-6-12-17-11-5-4-9-15(17)13-14-7-2-1-3-8-14/h14-15H,1-13,16H2. The van der Waals surface area contributed by atoms with Gasteiger partial charge in [-0.3, -0.25) is 0 Å². The number of hydrogen-bond donors (Lipinski definition) is 1. The molecule has 2 fully saturated rings. The minimum absolute atomic E-state index is 0.854. The van der Waals surface area contributed by atoms with Crippen molar-refractivity contribution in [3.8, 4) is 0 Å². The van der Waals surface area contributed by atoms with Crippen molar-refractivity contribution in [2.24, 2.45) is 11.7 Å². The highest BCUT2D eigenvalue weighted by Crippen LogP contribution is 2.31. The smallest absolute Gasteiger partial charge is 0.00979 e. The molecule has 17 heavy (non-hydrogen) atoms. The van der Waals surface area contributed by atoms with Gasteiger partial charge in [0.15, 0.2) is 0 Å². The lowest BCUT2D eigenvalue weighted by Gasteiger charge is -2.38. The lowest BCUT2D eigenvalue weighted by Crippen LogP contribution is -2.41. The van der Waals surface area contributed by atoms with Gasteiger partial charge < -0.3 is 10.6 Å². The molecule has 1 aliphatic heterocycles. The minimum atomic E-state index is 0.854. The van der Waals surface area contributed by atoms with Gasteiger partial charge in [0.05, 0.1) is 0 Å². The lowest BCUT2D eigenvalue weighted by molar-refractivity contribution is 0.116. The van der Waals surface area contributed by atoms with Gasteiger partial charge in [-0.05, 0) is 51.2 Å². The SMILES string of the molecule is NCCCN1CCCCC1CC1CCCCC1. The molecule has 1 saturated heterocycles. The van der Waals surface area contributed by atoms with Gasteiger partial charge in [0.1, 0.15) is 0 Å². The molecule has 0 bridgehead atoms. The maximum absolute atomic E-state index is 5.65. The summed E-state index contributed by atoms with van der Waals surface area (Å²) in [6, 6.07) is 0.887. The number of rotatable bonds is 5. The van der Waals surface area contributed by atoms with Crippen molar-refractivity contribution in [2.45, 2.75) is 70.3 Å². The van der Waals surface area contributed by atoms with Crippen LogP contribution < -0.4 is 5.73 Å². The summed E-state index contributed by atoms with van der Waals surface area (Å²) < 4.78 is 0. The van der Waals surface area contributed by atoms with Crippen LogP contribution in [0.5, 0.6) is 0 Å². The van der Waals surface area contributed by atoms with E-state index in [0.717, 1.165) is 18.5 Å². The summed E-state index contributed by atoms with van der Waals surface area (Å²) in [4.78, 5) is 2.74. The Morgan fingerprint density at radius 3 is 2.47 bits per heavy atom. The summed E-state index contributed by atoms with van der Waals surface area (Å²) >= 11 is 0. The molecule has 2 nitrogen and oxygen atoms in total. The Hall–Kier alpha value is -0.0800. The van der Waals surface area contributed by atoms with Crippen molar-refractivity contribution in [1.82, 2.24) is 4.90 Å². The van der Waals surface area contributed by atoms with E-state index in [4.69, 9.17) is 5.73 Å². The zero-order chi connectivity index (χ0) is 11.9. The normalized spacial score (nSPS) is 28.4. The molecule has 1 saturated carbocycles. The fourth-order valence-electron chi connectivity index (χ4n) is 3.72. The van der Waals surface area contributed by atoms with Crippen LogP contribution in [0, 0.1) is 5.92 Å². The van der Waals surface area contributed by atoms with Gasteiger partial charge in [-0.15, -0.1) is 0 Å². The van der Waals surface area contributed by atoms with Crippen LogP contribution in [0.25, 0.3) is 0 Å². The van der Waals surface area contributed by atoms with E-state index in [9.17, 15) is 0 Å². The monoisotopic (exact) mass is 238 g/mol. The van der Waals surface area contributed by atoms with E-state index in [1.807, 2.05) is 0 Å². The van der Waals surface area contributed by atoms with Gasteiger partial charge in [0.25, 0.3) is 0 Å². The molecular weight excluding hydrogens is 208 g/mol. The molecule has 2 rings (SSSR count). The quantitative estimate of drug-likeness (QED) is 0.797. The molecule has 1 heterocycles. The molecule has 0 amide bonds. The summed E-state index contributed by atoms with van der Waals surface area (Å²) in [6.45, 7) is 3.43. The van der Waals surface area contributed by atoms with Crippen molar-refractivity contribution < 1.29 is 0 Å². The summed E-state index contributed by atoms with van der Waals surface area (Å²) in [7, 11) is 0. The molecular formula is C15H30N2. The van der Waals surface area contributed by atoms with Gasteiger partial charge in [-0.2, -0.15) is 0 Å². The van der Waals surface area contributed by atoms with Crippen molar-refractivity contribution in [3.63, 3.8) is 0 Å². The second-order valence-corrected chi connectivity index (χ2v) is 6.07. The Labute approximate surface area is 107 Å². The average Bonchev–Trinajstić information content (AvgIpc) is 2.39. The second kappa shape index (κ2) is 7.38. The van der Waals surface area contributed by atoms with Gasteiger partial charge >= 0.3 is 0 Å². The highest BCUT2D eigenvalue weighted by Gasteiger charge is 2.25. The first-order chi connectivity index (χ1) is 8.40. The summed E-state index contributed by atoms with van der Waals surface area (Å²) in [5.74, 6) is 1.03. The van der Waals surface area contributed by atoms with Crippen LogP contribution in [0.2, 0.25) is 0 Å². The first-order valence-corrected chi connectivity index (χ1v) is 7.84. The topological polar surface area (TPSA) is 29.3 Å². The molecule has 2 N–H and O–H groups in total. The highest BCUT2D eigenvalue weighted by atomic mass is 15.2. The Morgan fingerprint density at radius 2 is 1.71 bits per heavy atom. The van der Waals surface area contributed by atoms with E-state index in [0.29, 0.717) is 0 Å². The van der Waals surface area contributed by atoms with Crippen LogP contribution in [-0.4, -0.2) is 30.6 Å². The number of likely N-dealkylation sites (tertiary alicyclic amines) is 1. The third kappa shape index (κ3) is 4.26. The minimum Gasteiger partial charge on any atom is -0.330 e. The number of nitrogens with zero attached hydrogens (tertiary/aromatic N) is 1. The molecule has 0 aromatic rings. The zero-order valence-corrected chi connectivity index (χ0v) is 11.4. The lowest BCUT2D eigenvalue weighted by atomic mass is 9.82. The van der Waals surface area contributed by atoms with Crippen molar-refractivity contribution in [1.29, 1.82) is 0 Å². The van der Waals surface area contributed by atoms with Crippen LogP contribution in [0.4, 0.5) is 0 Å². The largest absolute Gasteiger partial charge is 0.330 e. The Kier molecular flexibility index (Phi) is 5.79. The maximum Gasteiger partial charge on any atom is 0.00979 e. The van der Waals surface area contributed by atoms with Crippen LogP contribution in [0.1, 0.15) is 64.2 Å². The van der Waals surface area contributed by atoms with Crippen LogP contribution >= 0.6 is 0 Å². The van der Waals surface area contributed by atoms with Gasteiger partial charge in [0.2, 0.25) is 0 Å². The molecule has 1 unspecified atom stereocenters. The van der Waals surface area contributed by atoms with Crippen LogP contribution in [0.15, 0.2) is 0 Å². The molecule has 2 aliphatic rings. The van der Waals surface area contributed by atoms with E-state index in [1.165, 1.54) is 77.3 Å². The molecule has 1 atom stereocenters. The maximum atomic E-state index is 5.65. The van der Waals surface area contributed by atoms with Gasteiger partial charge in [-0.25, -0.2) is 0 Å². The zero-order valence-electron chi connectivity index (χ0n) is 11.4. The van der Waals surface area contributed by atoms with Gasteiger partial charge in [-0.1, -0.05) is 38.5 Å². The average molecular weight is 238 g/mol. The van der Waals surface area contributed by atoms with Crippen LogP contribution in [-0.2, 0) is 0 Å². The number of nitrogens with two attached hydrogens (primary N) is 1. The summed E-state index contributed by atoms with van der Waals surface area (Å²) in [5.41, 5.74) is 5.65. The predicted molar refractivity (Wildman–Crippen MR) is 74.1 cm³/mol. The third-order valence-electron chi connectivity index (χ3n) is 4.73. The van der Waals surface area contributed by atoms with Crippen LogP contribution in [0.3, 0.4) is 0 Å². The Balaban J connectivity index is 1.78. The fraction of sp³-hybridized carbons (Fsp3) is 1.00. The van der Waals surface area contributed by atoms with E-state index < -0.39 is 0 Å². The molecule has 0 aromatic heterocycles. The van der Waals surface area contributed by atoms with E-state index in [2.05, 4.69) is 4.90 Å². The Bertz CT molecular complexity index is 199.